The van der Waals surface area contributed by atoms with E-state index in [1.165, 1.54) is 0 Å². The van der Waals surface area contributed by atoms with Gasteiger partial charge in [-0.2, -0.15) is 0 Å². The molecule has 0 amide bonds. The monoisotopic (exact) mass is 407 g/mol. The topological polar surface area (TPSA) is 104 Å². The van der Waals surface area contributed by atoms with Gasteiger partial charge in [0.05, 0.1) is 12.2 Å². The SMILES string of the molecule is CC(CCC(=O)O)C1CCC2C3C(O)CC4CC(N)CCC4(C)C3CC(O)C12C. The molecule has 0 saturated heterocycles. The molecule has 0 radical (unpaired) electrons. The van der Waals surface area contributed by atoms with Crippen LogP contribution in [-0.2, 0) is 4.79 Å². The largest absolute Gasteiger partial charge is 0.481 e. The zero-order chi connectivity index (χ0) is 21.1. The first kappa shape index (κ1) is 21.6. The van der Waals surface area contributed by atoms with Crippen molar-refractivity contribution in [2.24, 2.45) is 52.1 Å². The third-order valence-electron chi connectivity index (χ3n) is 10.4. The number of carboxylic acid groups (broad SMARTS) is 1. The van der Waals surface area contributed by atoms with Gasteiger partial charge in [0.25, 0.3) is 0 Å². The fraction of sp³-hybridized carbons (Fsp3) is 0.958. The van der Waals surface area contributed by atoms with E-state index in [1.54, 1.807) is 0 Å². The Kier molecular flexibility index (Phi) is 5.57. The van der Waals surface area contributed by atoms with Crippen LogP contribution < -0.4 is 5.73 Å². The molecular weight excluding hydrogens is 366 g/mol. The summed E-state index contributed by atoms with van der Waals surface area (Å²) in [6.45, 7) is 6.81. The van der Waals surface area contributed by atoms with Crippen LogP contribution in [0.25, 0.3) is 0 Å². The van der Waals surface area contributed by atoms with E-state index in [0.29, 0.717) is 30.1 Å². The Labute approximate surface area is 175 Å². The van der Waals surface area contributed by atoms with E-state index in [2.05, 4.69) is 20.8 Å². The van der Waals surface area contributed by atoms with Gasteiger partial charge in [0.15, 0.2) is 0 Å². The second-order valence-electron chi connectivity index (χ2n) is 11.5. The lowest BCUT2D eigenvalue weighted by atomic mass is 9.43. The molecule has 0 aliphatic heterocycles. The summed E-state index contributed by atoms with van der Waals surface area (Å²) in [6.07, 6.45) is 7.09. The van der Waals surface area contributed by atoms with Crippen LogP contribution in [-0.4, -0.2) is 39.5 Å². The van der Waals surface area contributed by atoms with Gasteiger partial charge in [0.2, 0.25) is 0 Å². The van der Waals surface area contributed by atoms with Crippen molar-refractivity contribution < 1.29 is 20.1 Å². The summed E-state index contributed by atoms with van der Waals surface area (Å²) in [5.41, 5.74) is 6.24. The average Bonchev–Trinajstić information content (AvgIpc) is 3.01. The lowest BCUT2D eigenvalue weighted by Gasteiger charge is -2.63. The molecule has 5 N–H and O–H groups in total. The highest BCUT2D eigenvalue weighted by Crippen LogP contribution is 2.68. The predicted octanol–water partition coefficient (Wildman–Crippen LogP) is 3.42. The number of nitrogens with two attached hydrogens (primary N) is 1. The lowest BCUT2D eigenvalue weighted by molar-refractivity contribution is -0.202. The van der Waals surface area contributed by atoms with Crippen LogP contribution in [0.1, 0.15) is 78.6 Å². The highest BCUT2D eigenvalue weighted by atomic mass is 16.4. The molecule has 0 aromatic heterocycles. The third-order valence-corrected chi connectivity index (χ3v) is 10.4. The zero-order valence-electron chi connectivity index (χ0n) is 18.4. The number of carboxylic acids is 1. The molecule has 4 saturated carbocycles. The Balaban J connectivity index is 1.61. The number of carbonyl (C=O) groups is 1. The van der Waals surface area contributed by atoms with Gasteiger partial charge in [-0.1, -0.05) is 20.8 Å². The van der Waals surface area contributed by atoms with Crippen LogP contribution in [0.3, 0.4) is 0 Å². The Morgan fingerprint density at radius 2 is 1.83 bits per heavy atom. The van der Waals surface area contributed by atoms with E-state index in [9.17, 15) is 15.0 Å². The molecule has 4 aliphatic carbocycles. The first-order valence-corrected chi connectivity index (χ1v) is 11.9. The van der Waals surface area contributed by atoms with Gasteiger partial charge in [-0.3, -0.25) is 4.79 Å². The van der Waals surface area contributed by atoms with Gasteiger partial charge in [-0.05, 0) is 97.7 Å². The minimum absolute atomic E-state index is 0.176. The number of hydrogen-bond donors (Lipinski definition) is 4. The molecule has 5 heteroatoms. The Bertz CT molecular complexity index is 640. The number of aliphatic hydroxyl groups excluding tert-OH is 2. The third kappa shape index (κ3) is 3.27. The van der Waals surface area contributed by atoms with E-state index in [-0.39, 0.29) is 47.3 Å². The Morgan fingerprint density at radius 1 is 1.10 bits per heavy atom. The van der Waals surface area contributed by atoms with Crippen molar-refractivity contribution in [1.82, 2.24) is 0 Å². The van der Waals surface area contributed by atoms with Crippen LogP contribution in [0.4, 0.5) is 0 Å². The summed E-state index contributed by atoms with van der Waals surface area (Å²) in [5, 5.41) is 31.9. The summed E-state index contributed by atoms with van der Waals surface area (Å²) >= 11 is 0. The summed E-state index contributed by atoms with van der Waals surface area (Å²) in [7, 11) is 0. The molecule has 0 heterocycles. The quantitative estimate of drug-likeness (QED) is 0.572. The Hall–Kier alpha value is -0.650. The van der Waals surface area contributed by atoms with Crippen molar-refractivity contribution in [3.05, 3.63) is 0 Å². The molecule has 11 atom stereocenters. The van der Waals surface area contributed by atoms with E-state index < -0.39 is 5.97 Å². The maximum atomic E-state index is 11.5. The molecule has 4 fully saturated rings. The van der Waals surface area contributed by atoms with Gasteiger partial charge >= 0.3 is 5.97 Å². The van der Waals surface area contributed by atoms with Gasteiger partial charge in [-0.15, -0.1) is 0 Å². The highest BCUT2D eigenvalue weighted by Gasteiger charge is 2.65. The molecule has 0 spiro atoms. The summed E-state index contributed by atoms with van der Waals surface area (Å²) in [4.78, 5) is 11.1. The average molecular weight is 408 g/mol. The van der Waals surface area contributed by atoms with Crippen LogP contribution in [0, 0.1) is 46.3 Å². The second-order valence-corrected chi connectivity index (χ2v) is 11.5. The van der Waals surface area contributed by atoms with E-state index in [4.69, 9.17) is 10.8 Å². The molecule has 5 nitrogen and oxygen atoms in total. The molecular formula is C24H41NO4. The number of aliphatic hydroxyl groups is 2. The minimum atomic E-state index is -0.738. The molecule has 11 unspecified atom stereocenters. The molecule has 0 bridgehead atoms. The van der Waals surface area contributed by atoms with E-state index >= 15 is 0 Å². The Morgan fingerprint density at radius 3 is 2.52 bits per heavy atom. The van der Waals surface area contributed by atoms with Crippen LogP contribution >= 0.6 is 0 Å². The number of aliphatic carboxylic acids is 1. The van der Waals surface area contributed by atoms with E-state index in [0.717, 1.165) is 44.9 Å². The minimum Gasteiger partial charge on any atom is -0.481 e. The molecule has 4 rings (SSSR count). The molecule has 4 aliphatic rings. The molecule has 0 aromatic rings. The zero-order valence-corrected chi connectivity index (χ0v) is 18.4. The highest BCUT2D eigenvalue weighted by molar-refractivity contribution is 5.66. The molecule has 166 valence electrons. The van der Waals surface area contributed by atoms with Crippen molar-refractivity contribution in [2.45, 2.75) is 96.8 Å². The van der Waals surface area contributed by atoms with Crippen LogP contribution in [0.5, 0.6) is 0 Å². The van der Waals surface area contributed by atoms with Crippen molar-refractivity contribution in [1.29, 1.82) is 0 Å². The maximum absolute atomic E-state index is 11.5. The van der Waals surface area contributed by atoms with Crippen LogP contribution in [0.15, 0.2) is 0 Å². The van der Waals surface area contributed by atoms with Crippen LogP contribution in [0.2, 0.25) is 0 Å². The standard InChI is InChI=1S/C24H41NO4/c1-13(4-7-21(28)29)16-5-6-17-22-18(12-20(27)24(16,17)3)23(2)9-8-15(25)10-14(23)11-19(22)26/h13-20,22,26-27H,4-12,25H2,1-3H3,(H,28,29). The predicted molar refractivity (Wildman–Crippen MR) is 112 cm³/mol. The molecule has 0 aromatic carbocycles. The molecule has 29 heavy (non-hydrogen) atoms. The maximum Gasteiger partial charge on any atom is 0.303 e. The van der Waals surface area contributed by atoms with Gasteiger partial charge < -0.3 is 21.1 Å². The van der Waals surface area contributed by atoms with Crippen molar-refractivity contribution in [3.63, 3.8) is 0 Å². The number of hydrogen-bond acceptors (Lipinski definition) is 4. The normalized spacial score (nSPS) is 52.9. The summed E-state index contributed by atoms with van der Waals surface area (Å²) < 4.78 is 0. The van der Waals surface area contributed by atoms with Gasteiger partial charge in [0.1, 0.15) is 0 Å². The van der Waals surface area contributed by atoms with Gasteiger partial charge in [-0.25, -0.2) is 0 Å². The first-order valence-electron chi connectivity index (χ1n) is 11.9. The fourth-order valence-electron chi connectivity index (χ4n) is 8.74. The smallest absolute Gasteiger partial charge is 0.303 e. The number of fused-ring (bicyclic) bond motifs is 5. The summed E-state index contributed by atoms with van der Waals surface area (Å²) in [6, 6.07) is 0.251. The second kappa shape index (κ2) is 7.49. The summed E-state index contributed by atoms with van der Waals surface area (Å²) in [5.74, 6) is 1.30. The van der Waals surface area contributed by atoms with Crippen molar-refractivity contribution >= 4 is 5.97 Å². The fourth-order valence-corrected chi connectivity index (χ4v) is 8.74. The van der Waals surface area contributed by atoms with E-state index in [1.807, 2.05) is 0 Å². The number of rotatable bonds is 4. The van der Waals surface area contributed by atoms with Crippen molar-refractivity contribution in [2.75, 3.05) is 0 Å². The van der Waals surface area contributed by atoms with Crippen molar-refractivity contribution in [3.8, 4) is 0 Å². The first-order chi connectivity index (χ1) is 13.6. The van der Waals surface area contributed by atoms with Gasteiger partial charge in [0, 0.05) is 12.5 Å². The lowest BCUT2D eigenvalue weighted by Crippen LogP contribution is -2.62.